The molecule has 172 valence electrons. The molecule has 0 amide bonds. The summed E-state index contributed by atoms with van der Waals surface area (Å²) < 4.78 is 16.2. The van der Waals surface area contributed by atoms with E-state index in [1.54, 1.807) is 30.7 Å². The van der Waals surface area contributed by atoms with E-state index in [0.29, 0.717) is 5.92 Å². The van der Waals surface area contributed by atoms with E-state index in [1.165, 1.54) is 44.8 Å². The minimum Gasteiger partial charge on any atom is -0.334 e. The molecule has 6 rings (SSSR count). The van der Waals surface area contributed by atoms with Crippen molar-refractivity contribution in [3.63, 3.8) is 0 Å². The van der Waals surface area contributed by atoms with Crippen molar-refractivity contribution in [3.8, 4) is 11.5 Å². The highest BCUT2D eigenvalue weighted by Gasteiger charge is 2.34. The maximum Gasteiger partial charge on any atom is 0.228 e. The maximum atomic E-state index is 14.0. The van der Waals surface area contributed by atoms with Gasteiger partial charge in [0, 0.05) is 31.5 Å². The number of benzene rings is 1. The fourth-order valence-corrected chi connectivity index (χ4v) is 5.54. The summed E-state index contributed by atoms with van der Waals surface area (Å²) in [6.07, 6.45) is 12.3. The first-order valence-corrected chi connectivity index (χ1v) is 12.2. The molecule has 4 heterocycles. The molecule has 2 saturated heterocycles. The largest absolute Gasteiger partial charge is 0.334 e. The van der Waals surface area contributed by atoms with Crippen LogP contribution in [0.5, 0.6) is 0 Å². The molecule has 7 nitrogen and oxygen atoms in total. The highest BCUT2D eigenvalue weighted by molar-refractivity contribution is 5.52. The third-order valence-corrected chi connectivity index (χ3v) is 7.42. The molecular weight excluding hydrogens is 417 g/mol. The van der Waals surface area contributed by atoms with E-state index in [2.05, 4.69) is 34.5 Å². The van der Waals surface area contributed by atoms with Crippen molar-refractivity contribution in [2.24, 2.45) is 5.92 Å². The molecule has 33 heavy (non-hydrogen) atoms. The summed E-state index contributed by atoms with van der Waals surface area (Å²) in [5.74, 6) is 2.03. The zero-order valence-electron chi connectivity index (χ0n) is 18.9. The minimum atomic E-state index is -0.191. The summed E-state index contributed by atoms with van der Waals surface area (Å²) in [5, 5.41) is 9.24. The van der Waals surface area contributed by atoms with E-state index < -0.39 is 0 Å². The number of halogens is 1. The number of anilines is 1. The fourth-order valence-electron chi connectivity index (χ4n) is 5.54. The van der Waals surface area contributed by atoms with Crippen molar-refractivity contribution in [1.29, 1.82) is 0 Å². The minimum absolute atomic E-state index is 0.107. The number of hydrogen-bond donors (Lipinski definition) is 0. The summed E-state index contributed by atoms with van der Waals surface area (Å²) in [6, 6.07) is 7.92. The van der Waals surface area contributed by atoms with Crippen LogP contribution in [0.15, 0.2) is 42.9 Å². The first kappa shape index (κ1) is 20.7. The Hall–Kier alpha value is -2.87. The molecule has 3 aliphatic rings. The summed E-state index contributed by atoms with van der Waals surface area (Å²) in [7, 11) is 0. The third kappa shape index (κ3) is 4.24. The number of aromatic nitrogens is 5. The predicted octanol–water partition coefficient (Wildman–Crippen LogP) is 4.09. The third-order valence-electron chi connectivity index (χ3n) is 7.42. The van der Waals surface area contributed by atoms with Gasteiger partial charge in [0.2, 0.25) is 5.95 Å². The quantitative estimate of drug-likeness (QED) is 0.567. The Morgan fingerprint density at radius 3 is 2.61 bits per heavy atom. The molecule has 1 atom stereocenters. The standard InChI is InChI=1S/C25H30FN7/c26-20-4-1-3-19(15-20)23-5-2-12-32(23)25-30-29-24(22-16-27-10-11-28-22)33(25)17-18-8-13-31(14-9-18)21-6-7-21/h1,3-4,10-11,15-16,18,21,23H,2,5-9,12-14,17H2. The van der Waals surface area contributed by atoms with Crippen LogP contribution in [0.4, 0.5) is 10.3 Å². The van der Waals surface area contributed by atoms with Crippen LogP contribution < -0.4 is 4.90 Å². The molecule has 1 unspecified atom stereocenters. The van der Waals surface area contributed by atoms with Crippen LogP contribution in [-0.4, -0.2) is 55.3 Å². The smallest absolute Gasteiger partial charge is 0.228 e. The van der Waals surface area contributed by atoms with Crippen LogP contribution in [0, 0.1) is 11.7 Å². The first-order valence-electron chi connectivity index (χ1n) is 12.2. The zero-order chi connectivity index (χ0) is 22.2. The predicted molar refractivity (Wildman–Crippen MR) is 124 cm³/mol. The molecular formula is C25H30FN7. The van der Waals surface area contributed by atoms with Crippen LogP contribution in [0.1, 0.15) is 50.1 Å². The lowest BCUT2D eigenvalue weighted by atomic mass is 9.96. The summed E-state index contributed by atoms with van der Waals surface area (Å²) >= 11 is 0. The van der Waals surface area contributed by atoms with Gasteiger partial charge in [-0.1, -0.05) is 12.1 Å². The number of likely N-dealkylation sites (tertiary alicyclic amines) is 1. The van der Waals surface area contributed by atoms with Gasteiger partial charge < -0.3 is 9.80 Å². The molecule has 2 aliphatic heterocycles. The van der Waals surface area contributed by atoms with Gasteiger partial charge in [0.1, 0.15) is 11.5 Å². The average molecular weight is 448 g/mol. The number of hydrogen-bond acceptors (Lipinski definition) is 6. The Morgan fingerprint density at radius 1 is 0.970 bits per heavy atom. The highest BCUT2D eigenvalue weighted by atomic mass is 19.1. The Bertz CT molecular complexity index is 1090. The van der Waals surface area contributed by atoms with E-state index in [-0.39, 0.29) is 11.9 Å². The lowest BCUT2D eigenvalue weighted by molar-refractivity contribution is 0.166. The molecule has 1 aliphatic carbocycles. The van der Waals surface area contributed by atoms with Crippen molar-refractivity contribution >= 4 is 5.95 Å². The SMILES string of the molecule is Fc1cccc(C2CCCN2c2nnc(-c3cnccn3)n2CC2CCN(C3CC3)CC2)c1. The van der Waals surface area contributed by atoms with Crippen molar-refractivity contribution in [2.75, 3.05) is 24.5 Å². The van der Waals surface area contributed by atoms with Gasteiger partial charge in [0.05, 0.1) is 12.2 Å². The van der Waals surface area contributed by atoms with E-state index in [0.717, 1.165) is 55.0 Å². The fraction of sp³-hybridized carbons (Fsp3) is 0.520. The van der Waals surface area contributed by atoms with Crippen molar-refractivity contribution in [3.05, 3.63) is 54.2 Å². The molecule has 0 N–H and O–H groups in total. The zero-order valence-corrected chi connectivity index (χ0v) is 18.9. The Morgan fingerprint density at radius 2 is 1.85 bits per heavy atom. The first-order chi connectivity index (χ1) is 16.3. The van der Waals surface area contributed by atoms with Crippen molar-refractivity contribution in [1.82, 2.24) is 29.6 Å². The van der Waals surface area contributed by atoms with Gasteiger partial charge in [-0.25, -0.2) is 9.37 Å². The molecule has 8 heteroatoms. The Labute approximate surface area is 193 Å². The molecule has 3 fully saturated rings. The van der Waals surface area contributed by atoms with E-state index in [4.69, 9.17) is 0 Å². The highest BCUT2D eigenvalue weighted by Crippen LogP contribution is 2.38. The second kappa shape index (κ2) is 8.82. The van der Waals surface area contributed by atoms with Crippen LogP contribution >= 0.6 is 0 Å². The Kier molecular flexibility index (Phi) is 5.54. The second-order valence-corrected chi connectivity index (χ2v) is 9.64. The molecule has 1 saturated carbocycles. The van der Waals surface area contributed by atoms with Crippen LogP contribution in [0.3, 0.4) is 0 Å². The van der Waals surface area contributed by atoms with Crippen LogP contribution in [-0.2, 0) is 6.54 Å². The van der Waals surface area contributed by atoms with Gasteiger partial charge >= 0.3 is 0 Å². The number of piperidine rings is 1. The number of nitrogens with zero attached hydrogens (tertiary/aromatic N) is 7. The Balaban J connectivity index is 1.31. The number of rotatable bonds is 6. The lowest BCUT2D eigenvalue weighted by Gasteiger charge is -2.33. The lowest BCUT2D eigenvalue weighted by Crippen LogP contribution is -2.37. The molecule has 0 bridgehead atoms. The van der Waals surface area contributed by atoms with E-state index >= 15 is 0 Å². The van der Waals surface area contributed by atoms with Crippen molar-refractivity contribution < 1.29 is 4.39 Å². The van der Waals surface area contributed by atoms with Gasteiger partial charge in [0.25, 0.3) is 0 Å². The maximum absolute atomic E-state index is 14.0. The molecule has 0 spiro atoms. The van der Waals surface area contributed by atoms with E-state index in [9.17, 15) is 4.39 Å². The average Bonchev–Trinajstić information content (AvgIpc) is 3.44. The summed E-state index contributed by atoms with van der Waals surface area (Å²) in [6.45, 7) is 4.13. The van der Waals surface area contributed by atoms with E-state index in [1.807, 2.05) is 6.07 Å². The van der Waals surface area contributed by atoms with Gasteiger partial charge in [-0.05, 0) is 75.2 Å². The van der Waals surface area contributed by atoms with Crippen LogP contribution in [0.2, 0.25) is 0 Å². The second-order valence-electron chi connectivity index (χ2n) is 9.64. The monoisotopic (exact) mass is 447 g/mol. The van der Waals surface area contributed by atoms with Gasteiger partial charge in [-0.2, -0.15) is 0 Å². The van der Waals surface area contributed by atoms with Crippen molar-refractivity contribution in [2.45, 2.75) is 57.2 Å². The summed E-state index contributed by atoms with van der Waals surface area (Å²) in [5.41, 5.74) is 1.74. The molecule has 1 aromatic carbocycles. The topological polar surface area (TPSA) is 63.0 Å². The van der Waals surface area contributed by atoms with Crippen LogP contribution in [0.25, 0.3) is 11.5 Å². The van der Waals surface area contributed by atoms with Gasteiger partial charge in [-0.15, -0.1) is 10.2 Å². The van der Waals surface area contributed by atoms with Gasteiger partial charge in [0.15, 0.2) is 5.82 Å². The molecule has 2 aromatic heterocycles. The van der Waals surface area contributed by atoms with Gasteiger partial charge in [-0.3, -0.25) is 9.55 Å². The normalized spacial score (nSPS) is 22.2. The molecule has 0 radical (unpaired) electrons. The summed E-state index contributed by atoms with van der Waals surface area (Å²) in [4.78, 5) is 13.7. The molecule has 3 aromatic rings.